The topological polar surface area (TPSA) is 130 Å². The first-order valence-electron chi connectivity index (χ1n) is 28.0. The fraction of sp³-hybridized carbons (Fsp3) is 0.964. The molecule has 0 saturated heterocycles. The van der Waals surface area contributed by atoms with Crippen LogP contribution < -0.4 is 34.7 Å². The Kier molecular flexibility index (Phi) is 48.9. The number of ether oxygens (including phenoxy) is 2. The van der Waals surface area contributed by atoms with Crippen molar-refractivity contribution < 1.29 is 66.7 Å². The zero-order valence-electron chi connectivity index (χ0n) is 43.9. The molecular formula is C55H107NaO8S. The number of esters is 1. The first kappa shape index (κ1) is 66.9. The first-order valence-corrected chi connectivity index (χ1v) is 29.7. The van der Waals surface area contributed by atoms with E-state index in [1.807, 2.05) is 0 Å². The number of unbranched alkanes of at least 4 members (excludes halogenated alkanes) is 36. The van der Waals surface area contributed by atoms with Gasteiger partial charge in [0.05, 0.1) is 18.3 Å². The number of carbonyl (C=O) groups excluding carboxylic acids is 2. The summed E-state index contributed by atoms with van der Waals surface area (Å²) in [5.41, 5.74) is -3.33. The van der Waals surface area contributed by atoms with Gasteiger partial charge in [-0.1, -0.05) is 272 Å². The summed E-state index contributed by atoms with van der Waals surface area (Å²) in [6, 6.07) is 0. The summed E-state index contributed by atoms with van der Waals surface area (Å²) in [6.07, 6.45) is 45.8. The molecule has 1 N–H and O–H groups in total. The van der Waals surface area contributed by atoms with Gasteiger partial charge >= 0.3 is 35.5 Å². The van der Waals surface area contributed by atoms with Crippen LogP contribution in [0.5, 0.6) is 0 Å². The molecule has 0 aliphatic rings. The summed E-state index contributed by atoms with van der Waals surface area (Å²) in [4.78, 5) is 28.9. The second-order valence-electron chi connectivity index (χ2n) is 19.8. The van der Waals surface area contributed by atoms with Crippen LogP contribution in [0.2, 0.25) is 0 Å². The number of aliphatic carboxylic acids is 1. The second-order valence-corrected chi connectivity index (χ2v) is 21.4. The Morgan fingerprint density at radius 3 is 0.985 bits per heavy atom. The Balaban J connectivity index is 0. The second kappa shape index (κ2) is 47.5. The van der Waals surface area contributed by atoms with Gasteiger partial charge in [0.15, 0.2) is 5.60 Å². The van der Waals surface area contributed by atoms with Crippen molar-refractivity contribution in [3.05, 3.63) is 0 Å². The Morgan fingerprint density at radius 1 is 0.415 bits per heavy atom. The average molecular weight is 952 g/mol. The third-order valence-corrected chi connectivity index (χ3v) is 14.7. The fourth-order valence-electron chi connectivity index (χ4n) is 9.75. The molecule has 0 saturated carbocycles. The minimum Gasteiger partial charge on any atom is -0.549 e. The van der Waals surface area contributed by atoms with Crippen LogP contribution in [-0.2, 0) is 29.2 Å². The molecule has 0 heterocycles. The van der Waals surface area contributed by atoms with Crippen LogP contribution in [0.15, 0.2) is 0 Å². The molecule has 0 aromatic heterocycles. The van der Waals surface area contributed by atoms with Crippen molar-refractivity contribution in [2.75, 3.05) is 19.0 Å². The van der Waals surface area contributed by atoms with E-state index in [0.717, 1.165) is 83.5 Å². The normalized spacial score (nSPS) is 12.9. The molecule has 0 radical (unpaired) electrons. The van der Waals surface area contributed by atoms with Crippen LogP contribution in [0.1, 0.15) is 310 Å². The van der Waals surface area contributed by atoms with Crippen molar-refractivity contribution in [1.82, 2.24) is 0 Å². The van der Waals surface area contributed by atoms with Crippen LogP contribution >= 0.6 is 0 Å². The van der Waals surface area contributed by atoms with Crippen LogP contribution in [0.4, 0.5) is 0 Å². The largest absolute Gasteiger partial charge is 1.00 e. The van der Waals surface area contributed by atoms with Crippen LogP contribution in [0.3, 0.4) is 0 Å². The molecule has 0 aliphatic heterocycles. The molecule has 0 aromatic rings. The van der Waals surface area contributed by atoms with E-state index in [1.54, 1.807) is 0 Å². The van der Waals surface area contributed by atoms with Gasteiger partial charge < -0.3 is 19.4 Å². The SMILES string of the molecule is CCCCCCCCCCCCOC(CCCCCCCCCCCC)(C(=O)OCCCS(=O)(=O)O)C(CCCCCCCCCCCC)(CCCCCCCCCCCC)C(=O)[O-].[Na+]. The summed E-state index contributed by atoms with van der Waals surface area (Å²) in [5, 5.41) is 14.1. The van der Waals surface area contributed by atoms with E-state index < -0.39 is 38.8 Å². The average Bonchev–Trinajstić information content (AvgIpc) is 3.27. The zero-order chi connectivity index (χ0) is 47.3. The molecule has 8 nitrogen and oxygen atoms in total. The molecule has 0 amide bonds. The molecule has 0 rings (SSSR count). The van der Waals surface area contributed by atoms with Gasteiger partial charge in [0.1, 0.15) is 0 Å². The van der Waals surface area contributed by atoms with Crippen LogP contribution in [0, 0.1) is 5.41 Å². The fourth-order valence-corrected chi connectivity index (χ4v) is 10.2. The predicted molar refractivity (Wildman–Crippen MR) is 269 cm³/mol. The number of carboxylic acid groups (broad SMARTS) is 1. The third-order valence-electron chi connectivity index (χ3n) is 13.9. The minimum absolute atomic E-state index is 0. The Bertz CT molecular complexity index is 1130. The van der Waals surface area contributed by atoms with Gasteiger partial charge in [-0.15, -0.1) is 0 Å². The molecule has 1 atom stereocenters. The molecule has 65 heavy (non-hydrogen) atoms. The summed E-state index contributed by atoms with van der Waals surface area (Å²) in [5.74, 6) is -2.45. The summed E-state index contributed by atoms with van der Waals surface area (Å²) in [7, 11) is -4.25. The summed E-state index contributed by atoms with van der Waals surface area (Å²) >= 11 is 0. The van der Waals surface area contributed by atoms with Gasteiger partial charge in [0.2, 0.25) is 0 Å². The van der Waals surface area contributed by atoms with Crippen molar-refractivity contribution in [3.8, 4) is 0 Å². The quantitative estimate of drug-likeness (QED) is 0.0276. The minimum atomic E-state index is -4.25. The standard InChI is InChI=1S/C55H108O8S.Na/c1-5-9-13-17-21-25-29-33-37-41-46-54(52(56)57,47-42-38-34-30-26-22-18-14-10-6-2)55(53(58)62-49-45-51-64(59,60)61,48-43-39-35-31-27-23-19-15-11-7-3)63-50-44-40-36-32-28-24-20-16-12-8-4;/h5-51H2,1-4H3,(H,56,57)(H,59,60,61);/q;+1/p-1. The van der Waals surface area contributed by atoms with Crippen molar-refractivity contribution in [1.29, 1.82) is 0 Å². The van der Waals surface area contributed by atoms with Crippen molar-refractivity contribution in [2.24, 2.45) is 5.41 Å². The smallest absolute Gasteiger partial charge is 0.549 e. The number of rotatable bonds is 52. The maximum absolute atomic E-state index is 14.9. The molecular weight excluding hydrogens is 844 g/mol. The molecule has 0 fully saturated rings. The number of hydrogen-bond donors (Lipinski definition) is 1. The molecule has 10 heteroatoms. The Labute approximate surface area is 426 Å². The van der Waals surface area contributed by atoms with Gasteiger partial charge in [-0.05, 0) is 38.5 Å². The van der Waals surface area contributed by atoms with Gasteiger partial charge in [-0.2, -0.15) is 8.42 Å². The first-order chi connectivity index (χ1) is 31.1. The van der Waals surface area contributed by atoms with E-state index >= 15 is 0 Å². The molecule has 0 bridgehead atoms. The number of carbonyl (C=O) groups is 2. The van der Waals surface area contributed by atoms with Gasteiger partial charge in [0, 0.05) is 12.0 Å². The molecule has 1 unspecified atom stereocenters. The predicted octanol–water partition coefficient (Wildman–Crippen LogP) is 13.2. The number of carboxylic acids is 1. The van der Waals surface area contributed by atoms with E-state index in [0.29, 0.717) is 32.1 Å². The maximum atomic E-state index is 14.9. The van der Waals surface area contributed by atoms with E-state index in [9.17, 15) is 27.7 Å². The van der Waals surface area contributed by atoms with Crippen LogP contribution in [0.25, 0.3) is 0 Å². The maximum Gasteiger partial charge on any atom is 1.00 e. The van der Waals surface area contributed by atoms with Crippen LogP contribution in [-0.4, -0.2) is 49.5 Å². The summed E-state index contributed by atoms with van der Waals surface area (Å²) in [6.45, 7) is 8.98. The Hall–Kier alpha value is -0.190. The molecule has 382 valence electrons. The van der Waals surface area contributed by atoms with Crippen molar-refractivity contribution >= 4 is 22.1 Å². The molecule has 0 aromatic carbocycles. The zero-order valence-corrected chi connectivity index (χ0v) is 46.8. The monoisotopic (exact) mass is 951 g/mol. The number of hydrogen-bond acceptors (Lipinski definition) is 7. The Morgan fingerprint density at radius 2 is 0.692 bits per heavy atom. The third kappa shape index (κ3) is 36.4. The molecule has 0 aliphatic carbocycles. The molecule has 0 spiro atoms. The van der Waals surface area contributed by atoms with Gasteiger partial charge in [-0.25, -0.2) is 4.79 Å². The van der Waals surface area contributed by atoms with E-state index in [2.05, 4.69) is 27.7 Å². The van der Waals surface area contributed by atoms with E-state index in [4.69, 9.17) is 9.47 Å². The summed E-state index contributed by atoms with van der Waals surface area (Å²) < 4.78 is 45.5. The van der Waals surface area contributed by atoms with E-state index in [1.165, 1.54) is 154 Å². The van der Waals surface area contributed by atoms with Gasteiger partial charge in [-0.3, -0.25) is 4.55 Å². The van der Waals surface area contributed by atoms with E-state index in [-0.39, 0.29) is 55.6 Å². The van der Waals surface area contributed by atoms with Crippen molar-refractivity contribution in [2.45, 2.75) is 316 Å². The van der Waals surface area contributed by atoms with Crippen molar-refractivity contribution in [3.63, 3.8) is 0 Å². The van der Waals surface area contributed by atoms with Gasteiger partial charge in [0.25, 0.3) is 10.1 Å².